The van der Waals surface area contributed by atoms with Crippen molar-refractivity contribution in [3.8, 4) is 0 Å². The van der Waals surface area contributed by atoms with E-state index in [1.54, 1.807) is 0 Å². The molecule has 19 heavy (non-hydrogen) atoms. The van der Waals surface area contributed by atoms with E-state index in [9.17, 15) is 5.11 Å². The highest BCUT2D eigenvalue weighted by atomic mass is 16.3. The molecule has 0 saturated heterocycles. The lowest BCUT2D eigenvalue weighted by Gasteiger charge is -2.36. The topological polar surface area (TPSA) is 50.1 Å². The van der Waals surface area contributed by atoms with Crippen molar-refractivity contribution < 1.29 is 5.11 Å². The molecular formula is C15H27N3O. The largest absolute Gasteiger partial charge is 0.396 e. The highest BCUT2D eigenvalue weighted by Gasteiger charge is 2.31. The minimum Gasteiger partial charge on any atom is -0.396 e. The van der Waals surface area contributed by atoms with Crippen LogP contribution in [-0.2, 0) is 7.05 Å². The molecule has 0 bridgehead atoms. The molecule has 108 valence electrons. The van der Waals surface area contributed by atoms with Crippen LogP contribution in [0.15, 0.2) is 6.20 Å². The highest BCUT2D eigenvalue weighted by molar-refractivity contribution is 5.19. The molecule has 0 aliphatic heterocycles. The van der Waals surface area contributed by atoms with Gasteiger partial charge in [-0.1, -0.05) is 19.3 Å². The molecule has 1 aliphatic carbocycles. The van der Waals surface area contributed by atoms with Crippen molar-refractivity contribution in [1.29, 1.82) is 0 Å². The molecule has 1 heterocycles. The van der Waals surface area contributed by atoms with E-state index in [0.717, 1.165) is 25.1 Å². The Labute approximate surface area is 116 Å². The zero-order valence-corrected chi connectivity index (χ0v) is 12.4. The Balaban J connectivity index is 1.95. The van der Waals surface area contributed by atoms with Gasteiger partial charge in [0.1, 0.15) is 0 Å². The van der Waals surface area contributed by atoms with Crippen LogP contribution in [-0.4, -0.2) is 28.0 Å². The third-order valence-electron chi connectivity index (χ3n) is 4.55. The number of aliphatic hydroxyl groups is 1. The number of nitrogens with zero attached hydrogens (tertiary/aromatic N) is 2. The first-order valence-corrected chi connectivity index (χ1v) is 7.41. The monoisotopic (exact) mass is 265 g/mol. The highest BCUT2D eigenvalue weighted by Crippen LogP contribution is 2.35. The number of aromatic nitrogens is 2. The van der Waals surface area contributed by atoms with Crippen LogP contribution in [0.25, 0.3) is 0 Å². The predicted molar refractivity (Wildman–Crippen MR) is 77.0 cm³/mol. The van der Waals surface area contributed by atoms with Crippen molar-refractivity contribution in [2.24, 2.45) is 12.5 Å². The van der Waals surface area contributed by atoms with Gasteiger partial charge in [-0.25, -0.2) is 0 Å². The Kier molecular flexibility index (Phi) is 4.63. The Hall–Kier alpha value is -0.870. The molecule has 4 nitrogen and oxygen atoms in total. The molecule has 1 aliphatic rings. The average Bonchev–Trinajstić information content (AvgIpc) is 2.76. The summed E-state index contributed by atoms with van der Waals surface area (Å²) in [5.41, 5.74) is 2.44. The van der Waals surface area contributed by atoms with Gasteiger partial charge in [0.15, 0.2) is 0 Å². The number of nitrogens with one attached hydrogen (secondary N) is 1. The van der Waals surface area contributed by atoms with E-state index in [1.807, 2.05) is 11.7 Å². The Bertz CT molecular complexity index is 408. The Morgan fingerprint density at radius 2 is 2.11 bits per heavy atom. The molecule has 4 heteroatoms. The second kappa shape index (κ2) is 6.06. The molecule has 2 rings (SSSR count). The van der Waals surface area contributed by atoms with Crippen LogP contribution in [0.5, 0.6) is 0 Å². The Morgan fingerprint density at radius 1 is 1.42 bits per heavy atom. The summed E-state index contributed by atoms with van der Waals surface area (Å²) < 4.78 is 1.87. The summed E-state index contributed by atoms with van der Waals surface area (Å²) in [6, 6.07) is 0.291. The van der Waals surface area contributed by atoms with E-state index in [1.165, 1.54) is 24.8 Å². The van der Waals surface area contributed by atoms with Crippen molar-refractivity contribution >= 4 is 0 Å². The van der Waals surface area contributed by atoms with Gasteiger partial charge in [-0.3, -0.25) is 4.68 Å². The minimum absolute atomic E-state index is 0.0998. The zero-order chi connectivity index (χ0) is 13.9. The summed E-state index contributed by atoms with van der Waals surface area (Å²) in [5.74, 6) is 0. The molecule has 1 aromatic heterocycles. The van der Waals surface area contributed by atoms with Gasteiger partial charge in [-0.15, -0.1) is 0 Å². The molecule has 1 saturated carbocycles. The lowest BCUT2D eigenvalue weighted by atomic mass is 9.74. The van der Waals surface area contributed by atoms with Gasteiger partial charge < -0.3 is 10.4 Å². The van der Waals surface area contributed by atoms with Gasteiger partial charge >= 0.3 is 0 Å². The minimum atomic E-state index is 0.0998. The van der Waals surface area contributed by atoms with Crippen LogP contribution < -0.4 is 5.32 Å². The van der Waals surface area contributed by atoms with E-state index < -0.39 is 0 Å². The third kappa shape index (κ3) is 3.37. The number of hydrogen-bond acceptors (Lipinski definition) is 3. The van der Waals surface area contributed by atoms with Gasteiger partial charge in [-0.05, 0) is 26.7 Å². The van der Waals surface area contributed by atoms with Crippen molar-refractivity contribution in [3.63, 3.8) is 0 Å². The Morgan fingerprint density at radius 3 is 2.63 bits per heavy atom. The van der Waals surface area contributed by atoms with Crippen molar-refractivity contribution in [2.45, 2.75) is 52.0 Å². The molecule has 1 aromatic rings. The van der Waals surface area contributed by atoms with Gasteiger partial charge in [0.25, 0.3) is 0 Å². The van der Waals surface area contributed by atoms with Crippen LogP contribution in [0.1, 0.15) is 56.3 Å². The average molecular weight is 265 g/mol. The van der Waals surface area contributed by atoms with Gasteiger partial charge in [0.2, 0.25) is 0 Å². The van der Waals surface area contributed by atoms with Gasteiger partial charge in [0, 0.05) is 43.4 Å². The fraction of sp³-hybridized carbons (Fsp3) is 0.800. The van der Waals surface area contributed by atoms with E-state index in [4.69, 9.17) is 0 Å². The quantitative estimate of drug-likeness (QED) is 0.859. The number of aliphatic hydroxyl groups excluding tert-OH is 1. The molecule has 0 amide bonds. The second-order valence-electron chi connectivity index (χ2n) is 6.16. The first-order chi connectivity index (χ1) is 9.06. The van der Waals surface area contributed by atoms with E-state index in [2.05, 4.69) is 30.5 Å². The van der Waals surface area contributed by atoms with Crippen LogP contribution in [0.2, 0.25) is 0 Å². The normalized spacial score (nSPS) is 20.4. The predicted octanol–water partition coefficient (Wildman–Crippen LogP) is 2.32. The summed E-state index contributed by atoms with van der Waals surface area (Å²) in [6.45, 7) is 5.44. The smallest absolute Gasteiger partial charge is 0.0641 e. The van der Waals surface area contributed by atoms with E-state index >= 15 is 0 Å². The molecule has 0 radical (unpaired) electrons. The third-order valence-corrected chi connectivity index (χ3v) is 4.55. The van der Waals surface area contributed by atoms with E-state index in [0.29, 0.717) is 12.6 Å². The number of hydrogen-bond donors (Lipinski definition) is 2. The fourth-order valence-corrected chi connectivity index (χ4v) is 3.22. The molecule has 0 aromatic carbocycles. The molecule has 0 spiro atoms. The van der Waals surface area contributed by atoms with Crippen molar-refractivity contribution in [2.75, 3.05) is 13.2 Å². The summed E-state index contributed by atoms with van der Waals surface area (Å²) in [4.78, 5) is 0. The fourth-order valence-electron chi connectivity index (χ4n) is 3.22. The standard InChI is InChI=1S/C15H27N3O/c1-12(14-9-18(3)17-13(14)2)16-10-15(11-19)7-5-4-6-8-15/h9,12,16,19H,4-8,10-11H2,1-3H3. The maximum absolute atomic E-state index is 9.73. The molecule has 1 atom stereocenters. The van der Waals surface area contributed by atoms with Crippen LogP contribution in [0.4, 0.5) is 0 Å². The SMILES string of the molecule is Cc1nn(C)cc1C(C)NCC1(CO)CCCCC1. The maximum atomic E-state index is 9.73. The first-order valence-electron chi connectivity index (χ1n) is 7.41. The second-order valence-corrected chi connectivity index (χ2v) is 6.16. The number of rotatable bonds is 5. The summed E-state index contributed by atoms with van der Waals surface area (Å²) in [5, 5.41) is 17.7. The molecule has 1 fully saturated rings. The zero-order valence-electron chi connectivity index (χ0n) is 12.4. The van der Waals surface area contributed by atoms with Crippen LogP contribution in [0.3, 0.4) is 0 Å². The van der Waals surface area contributed by atoms with Gasteiger partial charge in [-0.2, -0.15) is 5.10 Å². The number of aryl methyl sites for hydroxylation is 2. The summed E-state index contributed by atoms with van der Waals surface area (Å²) in [6.07, 6.45) is 8.20. The van der Waals surface area contributed by atoms with Crippen molar-refractivity contribution in [3.05, 3.63) is 17.5 Å². The van der Waals surface area contributed by atoms with Crippen molar-refractivity contribution in [1.82, 2.24) is 15.1 Å². The summed E-state index contributed by atoms with van der Waals surface area (Å²) >= 11 is 0. The summed E-state index contributed by atoms with van der Waals surface area (Å²) in [7, 11) is 1.96. The molecule has 1 unspecified atom stereocenters. The lowest BCUT2D eigenvalue weighted by molar-refractivity contribution is 0.0788. The molecular weight excluding hydrogens is 238 g/mol. The van der Waals surface area contributed by atoms with E-state index in [-0.39, 0.29) is 5.41 Å². The lowest BCUT2D eigenvalue weighted by Crippen LogP contribution is -2.40. The van der Waals surface area contributed by atoms with Crippen LogP contribution >= 0.6 is 0 Å². The van der Waals surface area contributed by atoms with Crippen LogP contribution in [0, 0.1) is 12.3 Å². The molecule has 2 N–H and O–H groups in total. The maximum Gasteiger partial charge on any atom is 0.0641 e. The first kappa shape index (κ1) is 14.5. The van der Waals surface area contributed by atoms with Gasteiger partial charge in [0.05, 0.1) is 5.69 Å².